The topological polar surface area (TPSA) is 45.8 Å². The first-order valence-electron chi connectivity index (χ1n) is 4.92. The van der Waals surface area contributed by atoms with Gasteiger partial charge in [0.15, 0.2) is 0 Å². The second kappa shape index (κ2) is 3.72. The number of rotatable bonds is 0. The van der Waals surface area contributed by atoms with Gasteiger partial charge in [-0.1, -0.05) is 29.3 Å². The van der Waals surface area contributed by atoms with Crippen LogP contribution in [0.2, 0.25) is 10.0 Å². The van der Waals surface area contributed by atoms with Gasteiger partial charge >= 0.3 is 0 Å². The minimum absolute atomic E-state index is 0.204. The summed E-state index contributed by atoms with van der Waals surface area (Å²) in [7, 11) is 0. The molecule has 0 amide bonds. The number of hydrogen-bond donors (Lipinski definition) is 1. The zero-order valence-corrected chi connectivity index (χ0v) is 10.0. The van der Waals surface area contributed by atoms with Crippen LogP contribution >= 0.6 is 23.2 Å². The second-order valence-electron chi connectivity index (χ2n) is 3.69. The van der Waals surface area contributed by atoms with E-state index in [9.17, 15) is 4.79 Å². The van der Waals surface area contributed by atoms with Crippen molar-refractivity contribution in [2.24, 2.45) is 0 Å². The van der Waals surface area contributed by atoms with Gasteiger partial charge in [-0.2, -0.15) is 0 Å². The summed E-state index contributed by atoms with van der Waals surface area (Å²) in [6.07, 6.45) is 1.50. The summed E-state index contributed by atoms with van der Waals surface area (Å²) in [6.45, 7) is 0. The molecular formula is C12H6Cl2N2O. The molecule has 17 heavy (non-hydrogen) atoms. The molecule has 1 aromatic carbocycles. The Morgan fingerprint density at radius 2 is 1.76 bits per heavy atom. The fourth-order valence-electron chi connectivity index (χ4n) is 1.86. The number of hydrogen-bond acceptors (Lipinski definition) is 2. The highest BCUT2D eigenvalue weighted by Gasteiger charge is 2.06. The van der Waals surface area contributed by atoms with E-state index in [4.69, 9.17) is 23.2 Å². The van der Waals surface area contributed by atoms with E-state index in [1.54, 1.807) is 24.3 Å². The summed E-state index contributed by atoms with van der Waals surface area (Å²) < 4.78 is 0. The molecule has 0 fully saturated rings. The van der Waals surface area contributed by atoms with Crippen molar-refractivity contribution in [1.29, 1.82) is 0 Å². The van der Waals surface area contributed by atoms with Crippen LogP contribution < -0.4 is 5.56 Å². The molecule has 2 heterocycles. The van der Waals surface area contributed by atoms with Crippen LogP contribution in [-0.2, 0) is 0 Å². The molecule has 0 atom stereocenters. The molecule has 0 saturated carbocycles. The van der Waals surface area contributed by atoms with Crippen LogP contribution in [0, 0.1) is 0 Å². The molecule has 0 saturated heterocycles. The third-order valence-corrected chi connectivity index (χ3v) is 3.04. The number of nitrogens with zero attached hydrogens (tertiary/aromatic N) is 1. The Kier molecular flexibility index (Phi) is 2.31. The van der Waals surface area contributed by atoms with E-state index >= 15 is 0 Å². The first kappa shape index (κ1) is 10.6. The number of benzene rings is 1. The molecule has 0 unspecified atom stereocenters. The van der Waals surface area contributed by atoms with Gasteiger partial charge in [0.1, 0.15) is 5.65 Å². The SMILES string of the molecule is O=c1[nH]c2ncc(Cl)cc2c2ccc(Cl)cc12. The largest absolute Gasteiger partial charge is 0.306 e. The standard InChI is InChI=1S/C12H6Cl2N2O/c13-6-1-2-8-9-4-7(14)5-15-11(9)16-12(17)10(8)3-6/h1-5H,(H,15,16,17). The minimum atomic E-state index is -0.204. The Bertz CT molecular complexity index is 795. The highest BCUT2D eigenvalue weighted by molar-refractivity contribution is 6.32. The fourth-order valence-corrected chi connectivity index (χ4v) is 2.19. The molecule has 3 rings (SSSR count). The molecule has 1 N–H and O–H groups in total. The lowest BCUT2D eigenvalue weighted by Gasteiger charge is -2.03. The lowest BCUT2D eigenvalue weighted by atomic mass is 10.1. The Morgan fingerprint density at radius 1 is 1.00 bits per heavy atom. The lowest BCUT2D eigenvalue weighted by molar-refractivity contribution is 1.25. The first-order chi connectivity index (χ1) is 8.15. The lowest BCUT2D eigenvalue weighted by Crippen LogP contribution is -2.07. The van der Waals surface area contributed by atoms with Crippen LogP contribution in [0.3, 0.4) is 0 Å². The van der Waals surface area contributed by atoms with Crippen LogP contribution in [0.4, 0.5) is 0 Å². The molecule has 0 aliphatic carbocycles. The summed E-state index contributed by atoms with van der Waals surface area (Å²) in [4.78, 5) is 18.6. The summed E-state index contributed by atoms with van der Waals surface area (Å²) >= 11 is 11.8. The van der Waals surface area contributed by atoms with E-state index < -0.39 is 0 Å². The van der Waals surface area contributed by atoms with Gasteiger partial charge in [0.25, 0.3) is 5.56 Å². The number of nitrogens with one attached hydrogen (secondary N) is 1. The summed E-state index contributed by atoms with van der Waals surface area (Å²) in [5.74, 6) is 0. The second-order valence-corrected chi connectivity index (χ2v) is 4.57. The highest BCUT2D eigenvalue weighted by Crippen LogP contribution is 2.24. The van der Waals surface area contributed by atoms with Crippen molar-refractivity contribution in [1.82, 2.24) is 9.97 Å². The predicted octanol–water partition coefficient (Wildman–Crippen LogP) is 3.38. The third-order valence-electron chi connectivity index (χ3n) is 2.60. The molecule has 3 nitrogen and oxygen atoms in total. The molecule has 2 aromatic heterocycles. The van der Waals surface area contributed by atoms with Gasteiger partial charge in [-0.3, -0.25) is 4.79 Å². The maximum atomic E-state index is 11.8. The van der Waals surface area contributed by atoms with Crippen molar-refractivity contribution in [3.8, 4) is 0 Å². The van der Waals surface area contributed by atoms with Crippen LogP contribution in [0.1, 0.15) is 0 Å². The average molecular weight is 265 g/mol. The van der Waals surface area contributed by atoms with E-state index in [0.717, 1.165) is 10.8 Å². The fraction of sp³-hybridized carbons (Fsp3) is 0. The Balaban J connectivity index is 2.62. The minimum Gasteiger partial charge on any atom is -0.306 e. The highest BCUT2D eigenvalue weighted by atomic mass is 35.5. The van der Waals surface area contributed by atoms with Crippen LogP contribution in [0.25, 0.3) is 21.8 Å². The monoisotopic (exact) mass is 264 g/mol. The van der Waals surface area contributed by atoms with E-state index in [-0.39, 0.29) is 5.56 Å². The van der Waals surface area contributed by atoms with Gasteiger partial charge in [0.2, 0.25) is 0 Å². The Morgan fingerprint density at radius 3 is 2.59 bits per heavy atom. The van der Waals surface area contributed by atoms with Crippen molar-refractivity contribution in [3.63, 3.8) is 0 Å². The van der Waals surface area contributed by atoms with Gasteiger partial charge in [-0.05, 0) is 23.6 Å². The molecular weight excluding hydrogens is 259 g/mol. The molecule has 0 bridgehead atoms. The smallest absolute Gasteiger partial charge is 0.257 e. The van der Waals surface area contributed by atoms with Gasteiger partial charge in [-0.15, -0.1) is 0 Å². The summed E-state index contributed by atoms with van der Waals surface area (Å²) in [5, 5.41) is 3.19. The maximum Gasteiger partial charge on any atom is 0.257 e. The number of aromatic amines is 1. The molecule has 0 radical (unpaired) electrons. The van der Waals surface area contributed by atoms with E-state index in [0.29, 0.717) is 21.1 Å². The quantitative estimate of drug-likeness (QED) is 0.633. The summed E-state index contributed by atoms with van der Waals surface area (Å²) in [6, 6.07) is 6.95. The van der Waals surface area contributed by atoms with Gasteiger partial charge < -0.3 is 4.98 Å². The zero-order chi connectivity index (χ0) is 12.0. The first-order valence-corrected chi connectivity index (χ1v) is 5.67. The van der Waals surface area contributed by atoms with Crippen LogP contribution in [0.15, 0.2) is 35.3 Å². The van der Waals surface area contributed by atoms with Crippen molar-refractivity contribution < 1.29 is 0 Å². The molecule has 84 valence electrons. The predicted molar refractivity (Wildman–Crippen MR) is 69.9 cm³/mol. The normalized spacial score (nSPS) is 11.2. The van der Waals surface area contributed by atoms with Gasteiger partial charge in [-0.25, -0.2) is 4.98 Å². The van der Waals surface area contributed by atoms with Crippen molar-refractivity contribution in [2.75, 3.05) is 0 Å². The van der Waals surface area contributed by atoms with E-state index in [1.807, 2.05) is 0 Å². The maximum absolute atomic E-state index is 11.8. The molecule has 5 heteroatoms. The molecule has 3 aromatic rings. The Hall–Kier alpha value is -1.58. The summed E-state index contributed by atoms with van der Waals surface area (Å²) in [5.41, 5.74) is 0.319. The number of halogens is 2. The third kappa shape index (κ3) is 1.68. The van der Waals surface area contributed by atoms with Gasteiger partial charge in [0.05, 0.1) is 5.02 Å². The number of H-pyrrole nitrogens is 1. The average Bonchev–Trinajstić information content (AvgIpc) is 2.30. The molecule has 0 aliphatic heterocycles. The molecule has 0 aliphatic rings. The van der Waals surface area contributed by atoms with Crippen molar-refractivity contribution in [2.45, 2.75) is 0 Å². The zero-order valence-electron chi connectivity index (χ0n) is 8.50. The van der Waals surface area contributed by atoms with Crippen molar-refractivity contribution in [3.05, 3.63) is 50.9 Å². The van der Waals surface area contributed by atoms with Crippen LogP contribution in [-0.4, -0.2) is 9.97 Å². The van der Waals surface area contributed by atoms with Crippen LogP contribution in [0.5, 0.6) is 0 Å². The number of fused-ring (bicyclic) bond motifs is 3. The van der Waals surface area contributed by atoms with E-state index in [2.05, 4.69) is 9.97 Å². The van der Waals surface area contributed by atoms with E-state index in [1.165, 1.54) is 6.20 Å². The van der Waals surface area contributed by atoms with Crippen molar-refractivity contribution >= 4 is 45.0 Å². The number of pyridine rings is 2. The van der Waals surface area contributed by atoms with Gasteiger partial charge in [0, 0.05) is 22.0 Å². The Labute approximate surface area is 106 Å². The number of aromatic nitrogens is 2. The molecule has 0 spiro atoms.